The third-order valence-corrected chi connectivity index (χ3v) is 2.84. The third-order valence-electron chi connectivity index (χ3n) is 2.84. The van der Waals surface area contributed by atoms with Crippen LogP contribution in [-0.4, -0.2) is 12.1 Å². The lowest BCUT2D eigenvalue weighted by Gasteiger charge is -2.01. The summed E-state index contributed by atoms with van der Waals surface area (Å²) in [5.41, 5.74) is 0. The van der Waals surface area contributed by atoms with Crippen molar-refractivity contribution in [3.8, 4) is 0 Å². The van der Waals surface area contributed by atoms with Gasteiger partial charge in [-0.05, 0) is 19.3 Å². The number of halogens is 1. The van der Waals surface area contributed by atoms with Crippen molar-refractivity contribution in [1.82, 2.24) is 0 Å². The molecule has 0 aromatic carbocycles. The summed E-state index contributed by atoms with van der Waals surface area (Å²) in [6, 6.07) is 0. The van der Waals surface area contributed by atoms with Gasteiger partial charge in [-0.1, -0.05) is 39.0 Å². The van der Waals surface area contributed by atoms with Gasteiger partial charge in [-0.2, -0.15) is 0 Å². The number of carbonyl (C=O) groups excluding carboxylic acids is 2. The van der Waals surface area contributed by atoms with Crippen LogP contribution in [0.3, 0.4) is 0 Å². The van der Waals surface area contributed by atoms with Crippen LogP contribution in [0.1, 0.15) is 77.6 Å². The number of hydrogen-bond acceptors (Lipinski definition) is 2. The van der Waals surface area contributed by atoms with Crippen molar-refractivity contribution in [2.75, 3.05) is 0 Å². The smallest absolute Gasteiger partial charge is 0.132 e. The molecular weight excluding hydrogens is 236 g/mol. The number of rotatable bonds is 12. The second kappa shape index (κ2) is 15.6. The molecule has 0 unspecified atom stereocenters. The topological polar surface area (TPSA) is 34.1 Å². The summed E-state index contributed by atoms with van der Waals surface area (Å²) in [6.45, 7) is 2.18. The maximum Gasteiger partial charge on any atom is 0.132 e. The molecule has 0 spiro atoms. The van der Waals surface area contributed by atoms with E-state index >= 15 is 0 Å². The van der Waals surface area contributed by atoms with Crippen molar-refractivity contribution in [2.45, 2.75) is 77.6 Å². The van der Waals surface area contributed by atoms with Crippen LogP contribution in [-0.2, 0) is 9.59 Å². The Morgan fingerprint density at radius 2 is 1.41 bits per heavy atom. The molecule has 0 radical (unpaired) electrons. The molecule has 0 rings (SSSR count). The van der Waals surface area contributed by atoms with Crippen LogP contribution in [0.25, 0.3) is 0 Å². The summed E-state index contributed by atoms with van der Waals surface area (Å²) in [6.07, 6.45) is 12.1. The average molecular weight is 263 g/mol. The first kappa shape index (κ1) is 19.0. The lowest BCUT2D eigenvalue weighted by molar-refractivity contribution is -0.119. The van der Waals surface area contributed by atoms with E-state index in [0.717, 1.165) is 51.2 Å². The zero-order valence-corrected chi connectivity index (χ0v) is 11.9. The van der Waals surface area contributed by atoms with E-state index in [-0.39, 0.29) is 12.4 Å². The van der Waals surface area contributed by atoms with Gasteiger partial charge in [0.05, 0.1) is 0 Å². The van der Waals surface area contributed by atoms with Crippen LogP contribution in [0, 0.1) is 0 Å². The summed E-state index contributed by atoms with van der Waals surface area (Å²) in [4.78, 5) is 21.5. The Kier molecular flexibility index (Phi) is 17.5. The van der Waals surface area contributed by atoms with E-state index in [9.17, 15) is 9.59 Å². The summed E-state index contributed by atoms with van der Waals surface area (Å²) in [5, 5.41) is 0. The molecule has 0 aliphatic heterocycles. The van der Waals surface area contributed by atoms with Crippen molar-refractivity contribution in [3.05, 3.63) is 0 Å². The maximum absolute atomic E-state index is 11.4. The normalized spacial score (nSPS) is 9.71. The van der Waals surface area contributed by atoms with Gasteiger partial charge in [0.1, 0.15) is 12.1 Å². The molecule has 0 aromatic heterocycles. The number of unbranched alkanes of at least 4 members (excludes halogenated alkanes) is 7. The monoisotopic (exact) mass is 262 g/mol. The second-order valence-electron chi connectivity index (χ2n) is 4.47. The van der Waals surface area contributed by atoms with Gasteiger partial charge in [-0.15, -0.1) is 12.4 Å². The summed E-state index contributed by atoms with van der Waals surface area (Å²) < 4.78 is 0. The predicted molar refractivity (Wildman–Crippen MR) is 74.8 cm³/mol. The molecule has 0 aliphatic rings. The van der Waals surface area contributed by atoms with Crippen LogP contribution in [0.5, 0.6) is 0 Å². The zero-order chi connectivity index (χ0) is 12.1. The average Bonchev–Trinajstić information content (AvgIpc) is 2.29. The minimum atomic E-state index is 0. The highest BCUT2D eigenvalue weighted by molar-refractivity contribution is 5.85. The Morgan fingerprint density at radius 1 is 0.882 bits per heavy atom. The highest BCUT2D eigenvalue weighted by Gasteiger charge is 2.01. The van der Waals surface area contributed by atoms with Gasteiger partial charge in [0.15, 0.2) is 0 Å². The van der Waals surface area contributed by atoms with E-state index in [0.29, 0.717) is 12.2 Å². The predicted octanol–water partition coefficient (Wildman–Crippen LogP) is 4.49. The molecule has 3 heteroatoms. The van der Waals surface area contributed by atoms with Gasteiger partial charge < -0.3 is 4.79 Å². The molecule has 0 amide bonds. The van der Waals surface area contributed by atoms with E-state index < -0.39 is 0 Å². The molecule has 0 N–H and O–H groups in total. The number of ketones is 1. The molecule has 2 nitrogen and oxygen atoms in total. The number of aldehydes is 1. The fourth-order valence-corrected chi connectivity index (χ4v) is 1.78. The maximum atomic E-state index is 11.4. The van der Waals surface area contributed by atoms with Crippen LogP contribution in [0.4, 0.5) is 0 Å². The molecule has 0 fully saturated rings. The van der Waals surface area contributed by atoms with Crippen molar-refractivity contribution in [1.29, 1.82) is 0 Å². The Balaban J connectivity index is 0. The molecule has 0 atom stereocenters. The molecule has 0 aliphatic carbocycles. The van der Waals surface area contributed by atoms with Crippen molar-refractivity contribution in [2.24, 2.45) is 0 Å². The molecule has 0 saturated heterocycles. The quantitative estimate of drug-likeness (QED) is 0.384. The van der Waals surface area contributed by atoms with Gasteiger partial charge >= 0.3 is 0 Å². The standard InChI is InChI=1S/C14H26O2.ClH/c1-2-3-4-8-11-14(16)12-9-6-5-7-10-13-15;/h13H,2-12H2,1H3;1H. The molecular formula is C14H27ClO2. The summed E-state index contributed by atoms with van der Waals surface area (Å²) in [5.74, 6) is 0.423. The minimum Gasteiger partial charge on any atom is -0.303 e. The Morgan fingerprint density at radius 3 is 1.94 bits per heavy atom. The van der Waals surface area contributed by atoms with Gasteiger partial charge in [-0.25, -0.2) is 0 Å². The largest absolute Gasteiger partial charge is 0.303 e. The Labute approximate surface area is 112 Å². The molecule has 17 heavy (non-hydrogen) atoms. The lowest BCUT2D eigenvalue weighted by Crippen LogP contribution is -1.97. The SMILES string of the molecule is CCCCCCC(=O)CCCCCCC=O.Cl. The van der Waals surface area contributed by atoms with E-state index in [4.69, 9.17) is 0 Å². The second-order valence-corrected chi connectivity index (χ2v) is 4.47. The van der Waals surface area contributed by atoms with E-state index in [2.05, 4.69) is 6.92 Å². The third kappa shape index (κ3) is 15.6. The first-order valence-corrected chi connectivity index (χ1v) is 6.76. The van der Waals surface area contributed by atoms with E-state index in [1.807, 2.05) is 0 Å². The van der Waals surface area contributed by atoms with Crippen molar-refractivity contribution in [3.63, 3.8) is 0 Å². The van der Waals surface area contributed by atoms with Crippen LogP contribution < -0.4 is 0 Å². The first-order valence-electron chi connectivity index (χ1n) is 6.76. The molecule has 0 saturated carbocycles. The van der Waals surface area contributed by atoms with Crippen LogP contribution in [0.2, 0.25) is 0 Å². The van der Waals surface area contributed by atoms with Crippen LogP contribution in [0.15, 0.2) is 0 Å². The van der Waals surface area contributed by atoms with Gasteiger partial charge in [0, 0.05) is 19.3 Å². The number of hydrogen-bond donors (Lipinski definition) is 0. The summed E-state index contributed by atoms with van der Waals surface area (Å²) in [7, 11) is 0. The fourth-order valence-electron chi connectivity index (χ4n) is 1.78. The van der Waals surface area contributed by atoms with Gasteiger partial charge in [0.25, 0.3) is 0 Å². The highest BCUT2D eigenvalue weighted by atomic mass is 35.5. The van der Waals surface area contributed by atoms with Crippen molar-refractivity contribution >= 4 is 24.5 Å². The molecule has 0 bridgehead atoms. The van der Waals surface area contributed by atoms with Crippen molar-refractivity contribution < 1.29 is 9.59 Å². The Bertz CT molecular complexity index is 181. The molecule has 0 aromatic rings. The lowest BCUT2D eigenvalue weighted by atomic mass is 10.0. The Hall–Kier alpha value is -0.370. The molecule has 102 valence electrons. The van der Waals surface area contributed by atoms with Gasteiger partial charge in [0.2, 0.25) is 0 Å². The summed E-state index contributed by atoms with van der Waals surface area (Å²) >= 11 is 0. The number of Topliss-reactive ketones (excluding diaryl/α,β-unsaturated/α-hetero) is 1. The van der Waals surface area contributed by atoms with Crippen LogP contribution >= 0.6 is 12.4 Å². The highest BCUT2D eigenvalue weighted by Crippen LogP contribution is 2.09. The minimum absolute atomic E-state index is 0. The fraction of sp³-hybridized carbons (Fsp3) is 0.857. The number of carbonyl (C=O) groups is 2. The first-order chi connectivity index (χ1) is 7.81. The zero-order valence-electron chi connectivity index (χ0n) is 11.1. The van der Waals surface area contributed by atoms with E-state index in [1.165, 1.54) is 19.3 Å². The van der Waals surface area contributed by atoms with Gasteiger partial charge in [-0.3, -0.25) is 4.79 Å². The van der Waals surface area contributed by atoms with E-state index in [1.54, 1.807) is 0 Å². The molecule has 0 heterocycles.